The number of hydrogen-bond donors (Lipinski definition) is 2. The zero-order valence-electron chi connectivity index (χ0n) is 12.3. The van der Waals surface area contributed by atoms with Gasteiger partial charge in [0.15, 0.2) is 5.84 Å². The highest BCUT2D eigenvalue weighted by Crippen LogP contribution is 2.15. The second-order valence-corrected chi connectivity index (χ2v) is 5.56. The molecule has 1 aromatic rings. The normalized spacial score (nSPS) is 19.0. The molecule has 2 rings (SSSR count). The van der Waals surface area contributed by atoms with Crippen LogP contribution in [0.5, 0.6) is 0 Å². The monoisotopic (exact) mass is 276 g/mol. The Morgan fingerprint density at radius 1 is 1.30 bits per heavy atom. The van der Waals surface area contributed by atoms with E-state index in [1.807, 2.05) is 12.1 Å². The highest BCUT2D eigenvalue weighted by molar-refractivity contribution is 5.97. The number of rotatable bonds is 3. The number of benzene rings is 1. The summed E-state index contributed by atoms with van der Waals surface area (Å²) in [6, 6.07) is 5.98. The molecular weight excluding hydrogens is 252 g/mol. The van der Waals surface area contributed by atoms with E-state index in [2.05, 4.69) is 35.0 Å². The molecule has 0 radical (unpaired) electrons. The molecule has 5 nitrogen and oxygen atoms in total. The Balaban J connectivity index is 2.06. The first-order chi connectivity index (χ1) is 9.60. The molecule has 1 aliphatic heterocycles. The van der Waals surface area contributed by atoms with Gasteiger partial charge in [-0.3, -0.25) is 4.90 Å². The number of nitrogens with zero attached hydrogens (tertiary/aromatic N) is 3. The van der Waals surface area contributed by atoms with E-state index in [4.69, 9.17) is 10.9 Å². The highest BCUT2D eigenvalue weighted by Gasteiger charge is 2.13. The lowest BCUT2D eigenvalue weighted by Crippen LogP contribution is -2.28. The third kappa shape index (κ3) is 3.71. The van der Waals surface area contributed by atoms with Gasteiger partial charge in [-0.05, 0) is 50.7 Å². The van der Waals surface area contributed by atoms with Gasteiger partial charge < -0.3 is 15.8 Å². The minimum absolute atomic E-state index is 0.163. The van der Waals surface area contributed by atoms with Crippen LogP contribution in [0.3, 0.4) is 0 Å². The van der Waals surface area contributed by atoms with E-state index in [-0.39, 0.29) is 5.84 Å². The Morgan fingerprint density at radius 3 is 2.80 bits per heavy atom. The number of oxime groups is 1. The topological polar surface area (TPSA) is 65.1 Å². The second-order valence-electron chi connectivity index (χ2n) is 5.56. The predicted octanol–water partition coefficient (Wildman–Crippen LogP) is 1.23. The largest absolute Gasteiger partial charge is 0.409 e. The van der Waals surface area contributed by atoms with Crippen LogP contribution in [-0.4, -0.2) is 54.1 Å². The van der Waals surface area contributed by atoms with E-state index in [1.165, 1.54) is 24.1 Å². The van der Waals surface area contributed by atoms with E-state index >= 15 is 0 Å². The summed E-state index contributed by atoms with van der Waals surface area (Å²) in [5.74, 6) is 0.163. The summed E-state index contributed by atoms with van der Waals surface area (Å²) in [6.07, 6.45) is 1.22. The molecule has 20 heavy (non-hydrogen) atoms. The Kier molecular flexibility index (Phi) is 4.98. The van der Waals surface area contributed by atoms with Crippen molar-refractivity contribution in [2.24, 2.45) is 10.9 Å². The van der Waals surface area contributed by atoms with Gasteiger partial charge in [0, 0.05) is 25.2 Å². The predicted molar refractivity (Wildman–Crippen MR) is 81.1 cm³/mol. The number of amidine groups is 1. The molecule has 0 aliphatic carbocycles. The van der Waals surface area contributed by atoms with Crippen molar-refractivity contribution >= 4 is 5.84 Å². The third-order valence-electron chi connectivity index (χ3n) is 3.95. The van der Waals surface area contributed by atoms with E-state index in [0.717, 1.165) is 31.7 Å². The van der Waals surface area contributed by atoms with Crippen molar-refractivity contribution in [3.63, 3.8) is 0 Å². The van der Waals surface area contributed by atoms with Crippen LogP contribution in [0.25, 0.3) is 0 Å². The summed E-state index contributed by atoms with van der Waals surface area (Å²) < 4.78 is 0. The quantitative estimate of drug-likeness (QED) is 0.377. The Labute approximate surface area is 120 Å². The summed E-state index contributed by atoms with van der Waals surface area (Å²) in [7, 11) is 2.18. The fourth-order valence-corrected chi connectivity index (χ4v) is 2.59. The van der Waals surface area contributed by atoms with E-state index in [1.54, 1.807) is 0 Å². The molecule has 0 atom stereocenters. The average molecular weight is 276 g/mol. The number of aryl methyl sites for hydroxylation is 1. The van der Waals surface area contributed by atoms with Crippen LogP contribution in [0, 0.1) is 6.92 Å². The van der Waals surface area contributed by atoms with Crippen LogP contribution in [0.4, 0.5) is 0 Å². The van der Waals surface area contributed by atoms with E-state index in [9.17, 15) is 0 Å². The summed E-state index contributed by atoms with van der Waals surface area (Å²) in [5.41, 5.74) is 8.88. The molecule has 0 saturated carbocycles. The second kappa shape index (κ2) is 6.72. The molecule has 0 aromatic heterocycles. The molecule has 1 aliphatic rings. The molecule has 110 valence electrons. The molecule has 0 spiro atoms. The van der Waals surface area contributed by atoms with Gasteiger partial charge in [0.1, 0.15) is 0 Å². The van der Waals surface area contributed by atoms with Gasteiger partial charge in [-0.1, -0.05) is 17.3 Å². The maximum atomic E-state index is 8.72. The molecule has 1 heterocycles. The number of nitrogens with two attached hydrogens (primary N) is 1. The molecule has 1 aromatic carbocycles. The van der Waals surface area contributed by atoms with Crippen LogP contribution in [-0.2, 0) is 6.54 Å². The lowest BCUT2D eigenvalue weighted by Gasteiger charge is -2.21. The van der Waals surface area contributed by atoms with Gasteiger partial charge in [-0.2, -0.15) is 0 Å². The van der Waals surface area contributed by atoms with Crippen LogP contribution in [0.1, 0.15) is 23.1 Å². The maximum Gasteiger partial charge on any atom is 0.170 e. The van der Waals surface area contributed by atoms with Crippen LogP contribution >= 0.6 is 0 Å². The van der Waals surface area contributed by atoms with Gasteiger partial charge in [0.2, 0.25) is 0 Å². The summed E-state index contributed by atoms with van der Waals surface area (Å²) >= 11 is 0. The van der Waals surface area contributed by atoms with Crippen molar-refractivity contribution < 1.29 is 5.21 Å². The molecule has 0 bridgehead atoms. The van der Waals surface area contributed by atoms with E-state index < -0.39 is 0 Å². The lowest BCUT2D eigenvalue weighted by molar-refractivity contribution is 0.269. The lowest BCUT2D eigenvalue weighted by atomic mass is 10.0. The smallest absolute Gasteiger partial charge is 0.170 e. The SMILES string of the molecule is Cc1cc(/C(N)=N/O)ccc1CN1CCCN(C)CC1. The number of likely N-dealkylation sites (N-methyl/N-ethyl adjacent to an activating group) is 1. The molecule has 3 N–H and O–H groups in total. The van der Waals surface area contributed by atoms with Gasteiger partial charge in [-0.15, -0.1) is 0 Å². The standard InChI is InChI=1S/C15H24N4O/c1-12-10-13(15(16)17-20)4-5-14(12)11-19-7-3-6-18(2)8-9-19/h4-5,10,20H,3,6-9,11H2,1-2H3,(H2,16,17). The molecule has 1 saturated heterocycles. The zero-order chi connectivity index (χ0) is 14.5. The Morgan fingerprint density at radius 2 is 2.10 bits per heavy atom. The molecule has 1 fully saturated rings. The van der Waals surface area contributed by atoms with E-state index in [0.29, 0.717) is 0 Å². The van der Waals surface area contributed by atoms with Crippen molar-refractivity contribution in [1.82, 2.24) is 9.80 Å². The highest BCUT2D eigenvalue weighted by atomic mass is 16.4. The minimum atomic E-state index is 0.163. The molecular formula is C15H24N4O. The van der Waals surface area contributed by atoms with Crippen molar-refractivity contribution in [1.29, 1.82) is 0 Å². The maximum absolute atomic E-state index is 8.72. The van der Waals surface area contributed by atoms with Gasteiger partial charge in [0.25, 0.3) is 0 Å². The first kappa shape index (κ1) is 14.8. The van der Waals surface area contributed by atoms with Crippen LogP contribution in [0.2, 0.25) is 0 Å². The van der Waals surface area contributed by atoms with Crippen molar-refractivity contribution in [2.75, 3.05) is 33.2 Å². The summed E-state index contributed by atoms with van der Waals surface area (Å²) in [5, 5.41) is 11.8. The first-order valence-corrected chi connectivity index (χ1v) is 7.08. The van der Waals surface area contributed by atoms with Crippen LogP contribution in [0.15, 0.2) is 23.4 Å². The zero-order valence-corrected chi connectivity index (χ0v) is 12.3. The molecule has 0 amide bonds. The van der Waals surface area contributed by atoms with Crippen molar-refractivity contribution in [2.45, 2.75) is 19.9 Å². The minimum Gasteiger partial charge on any atom is -0.409 e. The Bertz CT molecular complexity index is 487. The first-order valence-electron chi connectivity index (χ1n) is 7.08. The summed E-state index contributed by atoms with van der Waals surface area (Å²) in [6.45, 7) is 7.60. The molecule has 5 heteroatoms. The Hall–Kier alpha value is -1.59. The average Bonchev–Trinajstić information content (AvgIpc) is 2.65. The van der Waals surface area contributed by atoms with Gasteiger partial charge in [-0.25, -0.2) is 0 Å². The fraction of sp³-hybridized carbons (Fsp3) is 0.533. The fourth-order valence-electron chi connectivity index (χ4n) is 2.59. The van der Waals surface area contributed by atoms with Gasteiger partial charge in [0.05, 0.1) is 0 Å². The van der Waals surface area contributed by atoms with Crippen molar-refractivity contribution in [3.05, 3.63) is 34.9 Å². The van der Waals surface area contributed by atoms with Gasteiger partial charge >= 0.3 is 0 Å². The van der Waals surface area contributed by atoms with Crippen LogP contribution < -0.4 is 5.73 Å². The summed E-state index contributed by atoms with van der Waals surface area (Å²) in [4.78, 5) is 4.88. The van der Waals surface area contributed by atoms with Crippen molar-refractivity contribution in [3.8, 4) is 0 Å². The third-order valence-corrected chi connectivity index (χ3v) is 3.95. The number of hydrogen-bond acceptors (Lipinski definition) is 4. The molecule has 0 unspecified atom stereocenters.